The van der Waals surface area contributed by atoms with Crippen LogP contribution >= 0.6 is 0 Å². The molecule has 2 aliphatic heterocycles. The molecule has 36 heavy (non-hydrogen) atoms. The number of hydrogen-bond acceptors (Lipinski definition) is 9. The molecule has 0 amide bonds. The molecule has 5 rings (SSSR count). The van der Waals surface area contributed by atoms with Crippen molar-refractivity contribution in [3.8, 4) is 23.1 Å². The van der Waals surface area contributed by atoms with Crippen LogP contribution in [0.4, 0.5) is 27.5 Å². The van der Waals surface area contributed by atoms with Crippen LogP contribution in [0.5, 0.6) is 5.75 Å². The maximum atomic E-state index is 14.9. The van der Waals surface area contributed by atoms with E-state index in [-0.39, 0.29) is 17.7 Å². The Hall–Kier alpha value is -3.97. The van der Waals surface area contributed by atoms with E-state index in [9.17, 15) is 9.65 Å². The number of anilines is 4. The quantitative estimate of drug-likeness (QED) is 0.556. The average molecular weight is 489 g/mol. The summed E-state index contributed by atoms with van der Waals surface area (Å²) in [5, 5.41) is 16.2. The Labute approximate surface area is 209 Å². The molecule has 0 spiro atoms. The minimum absolute atomic E-state index is 0.106. The molecule has 0 unspecified atom stereocenters. The van der Waals surface area contributed by atoms with E-state index in [4.69, 9.17) is 4.74 Å². The number of hydrogen-bond donors (Lipinski definition) is 2. The molecule has 10 heteroatoms. The van der Waals surface area contributed by atoms with Crippen LogP contribution in [0.15, 0.2) is 36.7 Å². The SMILES string of the molecule is CC(C)N1CCOc2c(C#N)cc(-c3nc(Nc4ccc(N5CCCNCC5)cn4)ncc3F)cc21. The van der Waals surface area contributed by atoms with E-state index < -0.39 is 5.82 Å². The lowest BCUT2D eigenvalue weighted by atomic mass is 10.0. The number of nitriles is 1. The maximum absolute atomic E-state index is 14.9. The number of ether oxygens (including phenoxy) is 1. The van der Waals surface area contributed by atoms with Gasteiger partial charge in [-0.15, -0.1) is 0 Å². The van der Waals surface area contributed by atoms with Gasteiger partial charge in [-0.3, -0.25) is 0 Å². The number of pyridine rings is 1. The number of nitrogens with one attached hydrogen (secondary N) is 2. The van der Waals surface area contributed by atoms with Gasteiger partial charge in [0.05, 0.1) is 35.9 Å². The minimum Gasteiger partial charge on any atom is -0.488 e. The molecule has 2 N–H and O–H groups in total. The van der Waals surface area contributed by atoms with Crippen molar-refractivity contribution in [1.29, 1.82) is 5.26 Å². The molecule has 4 heterocycles. The molecule has 2 aromatic heterocycles. The molecule has 0 saturated carbocycles. The lowest BCUT2D eigenvalue weighted by Crippen LogP contribution is -2.38. The first-order chi connectivity index (χ1) is 17.5. The third kappa shape index (κ3) is 4.88. The molecule has 1 aromatic carbocycles. The number of fused-ring (bicyclic) bond motifs is 1. The van der Waals surface area contributed by atoms with Gasteiger partial charge < -0.3 is 25.2 Å². The summed E-state index contributed by atoms with van der Waals surface area (Å²) in [4.78, 5) is 17.5. The molecular weight excluding hydrogens is 459 g/mol. The second kappa shape index (κ2) is 10.3. The Bertz CT molecular complexity index is 1270. The van der Waals surface area contributed by atoms with Crippen LogP contribution in [-0.4, -0.2) is 60.3 Å². The Morgan fingerprint density at radius 1 is 1.14 bits per heavy atom. The van der Waals surface area contributed by atoms with Gasteiger partial charge >= 0.3 is 0 Å². The van der Waals surface area contributed by atoms with Crippen LogP contribution in [0.2, 0.25) is 0 Å². The van der Waals surface area contributed by atoms with Gasteiger partial charge in [0.1, 0.15) is 24.2 Å². The Morgan fingerprint density at radius 3 is 2.81 bits per heavy atom. The Morgan fingerprint density at radius 2 is 2.03 bits per heavy atom. The van der Waals surface area contributed by atoms with Gasteiger partial charge in [0, 0.05) is 31.2 Å². The van der Waals surface area contributed by atoms with E-state index in [1.807, 2.05) is 24.4 Å². The van der Waals surface area contributed by atoms with Gasteiger partial charge in [0.15, 0.2) is 11.6 Å². The summed E-state index contributed by atoms with van der Waals surface area (Å²) >= 11 is 0. The third-order valence-electron chi connectivity index (χ3n) is 6.41. The second-order valence-electron chi connectivity index (χ2n) is 9.13. The summed E-state index contributed by atoms with van der Waals surface area (Å²) in [7, 11) is 0. The van der Waals surface area contributed by atoms with Gasteiger partial charge in [-0.1, -0.05) is 0 Å². The average Bonchev–Trinajstić information content (AvgIpc) is 3.19. The molecule has 1 fully saturated rings. The van der Waals surface area contributed by atoms with Gasteiger partial charge in [-0.2, -0.15) is 5.26 Å². The number of benzene rings is 1. The Balaban J connectivity index is 1.42. The lowest BCUT2D eigenvalue weighted by molar-refractivity contribution is 0.302. The van der Waals surface area contributed by atoms with Gasteiger partial charge in [-0.25, -0.2) is 19.3 Å². The van der Waals surface area contributed by atoms with E-state index in [1.165, 1.54) is 0 Å². The second-order valence-corrected chi connectivity index (χ2v) is 9.13. The largest absolute Gasteiger partial charge is 0.488 e. The molecule has 0 atom stereocenters. The highest BCUT2D eigenvalue weighted by Crippen LogP contribution is 2.40. The van der Waals surface area contributed by atoms with Crippen LogP contribution in [0.3, 0.4) is 0 Å². The Kier molecular flexibility index (Phi) is 6.82. The fourth-order valence-corrected chi connectivity index (χ4v) is 4.60. The molecule has 1 saturated heterocycles. The summed E-state index contributed by atoms with van der Waals surface area (Å²) in [6.07, 6.45) is 4.04. The highest BCUT2D eigenvalue weighted by molar-refractivity contribution is 5.76. The summed E-state index contributed by atoms with van der Waals surface area (Å²) in [5.74, 6) is 0.736. The van der Waals surface area contributed by atoms with Crippen molar-refractivity contribution < 1.29 is 9.13 Å². The zero-order valence-corrected chi connectivity index (χ0v) is 20.5. The topological polar surface area (TPSA) is 102 Å². The molecule has 2 aliphatic rings. The normalized spacial score (nSPS) is 15.6. The number of aromatic nitrogens is 3. The van der Waals surface area contributed by atoms with Crippen molar-refractivity contribution in [1.82, 2.24) is 20.3 Å². The van der Waals surface area contributed by atoms with E-state index >= 15 is 0 Å². The number of halogens is 1. The van der Waals surface area contributed by atoms with Crippen molar-refractivity contribution in [2.75, 3.05) is 54.4 Å². The van der Waals surface area contributed by atoms with Crippen LogP contribution in [0.1, 0.15) is 25.8 Å². The number of rotatable bonds is 5. The molecule has 9 nitrogen and oxygen atoms in total. The molecule has 0 aliphatic carbocycles. The first-order valence-electron chi connectivity index (χ1n) is 12.2. The van der Waals surface area contributed by atoms with Gasteiger partial charge in [0.2, 0.25) is 5.95 Å². The summed E-state index contributed by atoms with van der Waals surface area (Å²) in [5.41, 5.74) is 2.76. The van der Waals surface area contributed by atoms with Crippen LogP contribution in [-0.2, 0) is 0 Å². The first-order valence-corrected chi connectivity index (χ1v) is 12.2. The van der Waals surface area contributed by atoms with Crippen molar-refractivity contribution in [2.24, 2.45) is 0 Å². The predicted molar refractivity (Wildman–Crippen MR) is 137 cm³/mol. The van der Waals surface area contributed by atoms with Crippen molar-refractivity contribution in [3.63, 3.8) is 0 Å². The fraction of sp³-hybridized carbons (Fsp3) is 0.385. The summed E-state index contributed by atoms with van der Waals surface area (Å²) in [6.45, 7) is 9.22. The summed E-state index contributed by atoms with van der Waals surface area (Å²) < 4.78 is 20.7. The van der Waals surface area contributed by atoms with Crippen molar-refractivity contribution in [3.05, 3.63) is 48.0 Å². The van der Waals surface area contributed by atoms with Crippen molar-refractivity contribution in [2.45, 2.75) is 26.3 Å². The van der Waals surface area contributed by atoms with Crippen LogP contribution < -0.4 is 25.2 Å². The lowest BCUT2D eigenvalue weighted by Gasteiger charge is -2.35. The standard InChI is InChI=1S/C26H29FN8O/c1-17(2)35-10-11-36-25-19(14-28)12-18(13-22(25)35)24-21(27)16-31-26(33-24)32-23-5-4-20(15-30-23)34-8-3-6-29-7-9-34/h4-5,12-13,15-17,29H,3,6-11H2,1-2H3,(H,30,31,32,33). The predicted octanol–water partition coefficient (Wildman–Crippen LogP) is 3.70. The smallest absolute Gasteiger partial charge is 0.229 e. The fourth-order valence-electron chi connectivity index (χ4n) is 4.60. The highest BCUT2D eigenvalue weighted by Gasteiger charge is 2.25. The van der Waals surface area contributed by atoms with Gasteiger partial charge in [-0.05, 0) is 51.1 Å². The molecule has 0 radical (unpaired) electrons. The van der Waals surface area contributed by atoms with Crippen LogP contribution in [0.25, 0.3) is 11.3 Å². The first kappa shape index (κ1) is 23.8. The zero-order chi connectivity index (χ0) is 25.1. The molecule has 0 bridgehead atoms. The van der Waals surface area contributed by atoms with E-state index in [0.717, 1.165) is 50.2 Å². The van der Waals surface area contributed by atoms with E-state index in [1.54, 1.807) is 6.07 Å². The molecular formula is C26H29FN8O. The van der Waals surface area contributed by atoms with Crippen molar-refractivity contribution >= 4 is 23.1 Å². The minimum atomic E-state index is -0.574. The van der Waals surface area contributed by atoms with E-state index in [2.05, 4.69) is 55.3 Å². The summed E-state index contributed by atoms with van der Waals surface area (Å²) in [6, 6.07) is 9.69. The maximum Gasteiger partial charge on any atom is 0.229 e. The third-order valence-corrected chi connectivity index (χ3v) is 6.41. The van der Waals surface area contributed by atoms with Crippen LogP contribution in [0, 0.1) is 17.1 Å². The highest BCUT2D eigenvalue weighted by atomic mass is 19.1. The number of nitrogens with zero attached hydrogens (tertiary/aromatic N) is 6. The zero-order valence-electron chi connectivity index (χ0n) is 20.5. The molecule has 3 aromatic rings. The monoisotopic (exact) mass is 488 g/mol. The molecule has 186 valence electrons. The van der Waals surface area contributed by atoms with E-state index in [0.29, 0.717) is 35.8 Å². The van der Waals surface area contributed by atoms with Gasteiger partial charge in [0.25, 0.3) is 0 Å².